The number of ketones is 1. The molecule has 0 fully saturated rings. The fourth-order valence-corrected chi connectivity index (χ4v) is 4.24. The van der Waals surface area contributed by atoms with Gasteiger partial charge in [-0.3, -0.25) is 14.9 Å². The van der Waals surface area contributed by atoms with Crippen LogP contribution in [0.4, 0.5) is 5.13 Å². The van der Waals surface area contributed by atoms with Crippen molar-refractivity contribution in [3.05, 3.63) is 81.9 Å². The van der Waals surface area contributed by atoms with Crippen LogP contribution in [0.25, 0.3) is 0 Å². The topological polar surface area (TPSA) is 59.1 Å². The van der Waals surface area contributed by atoms with E-state index in [9.17, 15) is 9.59 Å². The highest BCUT2D eigenvalue weighted by atomic mass is 32.1. The second-order valence-corrected chi connectivity index (χ2v) is 7.56. The average Bonchev–Trinajstić information content (AvgIpc) is 3.05. The van der Waals surface area contributed by atoms with E-state index in [-0.39, 0.29) is 17.6 Å². The van der Waals surface area contributed by atoms with Crippen LogP contribution in [0.1, 0.15) is 49.2 Å². The Labute approximate surface area is 155 Å². The molecule has 26 heavy (non-hydrogen) atoms. The molecular weight excluding hydrogens is 344 g/mol. The van der Waals surface area contributed by atoms with Crippen molar-refractivity contribution >= 4 is 28.2 Å². The normalized spacial score (nSPS) is 16.2. The lowest BCUT2D eigenvalue weighted by atomic mass is 9.85. The molecule has 0 radical (unpaired) electrons. The number of aromatic nitrogens is 1. The van der Waals surface area contributed by atoms with Gasteiger partial charge in [0.05, 0.1) is 10.6 Å². The summed E-state index contributed by atoms with van der Waals surface area (Å²) in [5.41, 5.74) is 3.56. The number of carbonyl (C=O) groups excluding carboxylic acids is 2. The number of amides is 1. The monoisotopic (exact) mass is 362 g/mol. The van der Waals surface area contributed by atoms with Crippen LogP contribution in [0, 0.1) is 6.92 Å². The second kappa shape index (κ2) is 6.84. The molecule has 1 aliphatic rings. The zero-order valence-electron chi connectivity index (χ0n) is 14.4. The van der Waals surface area contributed by atoms with Crippen LogP contribution in [0.15, 0.2) is 54.6 Å². The lowest BCUT2D eigenvalue weighted by Crippen LogP contribution is -2.17. The number of thiazole rings is 1. The summed E-state index contributed by atoms with van der Waals surface area (Å²) < 4.78 is 0. The van der Waals surface area contributed by atoms with Crippen molar-refractivity contribution in [3.8, 4) is 0 Å². The zero-order chi connectivity index (χ0) is 18.1. The summed E-state index contributed by atoms with van der Waals surface area (Å²) >= 11 is 1.28. The molecule has 0 saturated carbocycles. The summed E-state index contributed by atoms with van der Waals surface area (Å²) in [6.45, 7) is 1.95. The van der Waals surface area contributed by atoms with Crippen molar-refractivity contribution in [1.29, 1.82) is 0 Å². The summed E-state index contributed by atoms with van der Waals surface area (Å²) in [5.74, 6) is 0.0548. The molecule has 0 saturated heterocycles. The Morgan fingerprint density at radius 1 is 1.12 bits per heavy atom. The van der Waals surface area contributed by atoms with E-state index in [1.165, 1.54) is 11.3 Å². The summed E-state index contributed by atoms with van der Waals surface area (Å²) in [5, 5.41) is 3.32. The predicted octanol–water partition coefficient (Wildman–Crippen LogP) is 4.62. The van der Waals surface area contributed by atoms with E-state index in [1.807, 2.05) is 43.3 Å². The van der Waals surface area contributed by atoms with Gasteiger partial charge in [-0.15, -0.1) is 0 Å². The fourth-order valence-electron chi connectivity index (χ4n) is 3.30. The number of rotatable bonds is 3. The maximum absolute atomic E-state index is 12.5. The Kier molecular flexibility index (Phi) is 4.39. The Hall–Kier alpha value is -2.79. The van der Waals surface area contributed by atoms with Crippen LogP contribution in [0.3, 0.4) is 0 Å². The van der Waals surface area contributed by atoms with E-state index < -0.39 is 0 Å². The van der Waals surface area contributed by atoms with Crippen LogP contribution in [-0.4, -0.2) is 16.7 Å². The third-order valence-corrected chi connectivity index (χ3v) is 5.65. The molecule has 0 bridgehead atoms. The van der Waals surface area contributed by atoms with Gasteiger partial charge in [-0.05, 0) is 37.0 Å². The largest absolute Gasteiger partial charge is 0.298 e. The number of benzene rings is 2. The van der Waals surface area contributed by atoms with E-state index in [0.717, 1.165) is 23.2 Å². The molecule has 1 heterocycles. The number of Topliss-reactive ketones (excluding diaryl/α,β-unsaturated/α-hetero) is 1. The molecule has 130 valence electrons. The molecular formula is C21H18N2O2S. The molecule has 1 atom stereocenters. The molecule has 1 unspecified atom stereocenters. The van der Waals surface area contributed by atoms with Gasteiger partial charge in [0.15, 0.2) is 10.9 Å². The van der Waals surface area contributed by atoms with Gasteiger partial charge >= 0.3 is 0 Å². The third kappa shape index (κ3) is 3.30. The number of carbonyl (C=O) groups is 2. The van der Waals surface area contributed by atoms with Crippen molar-refractivity contribution in [1.82, 2.24) is 4.98 Å². The highest BCUT2D eigenvalue weighted by Gasteiger charge is 2.30. The Balaban J connectivity index is 1.55. The second-order valence-electron chi connectivity index (χ2n) is 6.56. The molecule has 3 aromatic rings. The minimum absolute atomic E-state index is 0.105. The fraction of sp³-hybridized carbons (Fsp3) is 0.190. The van der Waals surface area contributed by atoms with E-state index in [2.05, 4.69) is 22.4 Å². The number of fused-ring (bicyclic) bond motifs is 1. The van der Waals surface area contributed by atoms with Crippen molar-refractivity contribution in [2.45, 2.75) is 25.7 Å². The zero-order valence-corrected chi connectivity index (χ0v) is 15.2. The SMILES string of the molecule is Cc1cccc(C(=O)Nc2nc3c(s2)C(=O)CC(c2ccccc2)C3)c1. The molecule has 4 rings (SSSR count). The van der Waals surface area contributed by atoms with Gasteiger partial charge in [0.25, 0.3) is 5.91 Å². The van der Waals surface area contributed by atoms with Crippen molar-refractivity contribution in [3.63, 3.8) is 0 Å². The maximum atomic E-state index is 12.5. The molecule has 1 aliphatic carbocycles. The van der Waals surface area contributed by atoms with Crippen LogP contribution >= 0.6 is 11.3 Å². The van der Waals surface area contributed by atoms with Crippen LogP contribution in [0.2, 0.25) is 0 Å². The first-order chi connectivity index (χ1) is 12.6. The number of hydrogen-bond acceptors (Lipinski definition) is 4. The lowest BCUT2D eigenvalue weighted by Gasteiger charge is -2.20. The average molecular weight is 362 g/mol. The molecule has 5 heteroatoms. The number of aryl methyl sites for hydroxylation is 1. The van der Waals surface area contributed by atoms with Crippen molar-refractivity contribution < 1.29 is 9.59 Å². The van der Waals surface area contributed by atoms with Gasteiger partial charge in [-0.1, -0.05) is 59.4 Å². The molecule has 4 nitrogen and oxygen atoms in total. The minimum atomic E-state index is -0.202. The number of nitrogens with one attached hydrogen (secondary N) is 1. The number of hydrogen-bond donors (Lipinski definition) is 1. The first-order valence-corrected chi connectivity index (χ1v) is 9.37. The first kappa shape index (κ1) is 16.7. The summed E-state index contributed by atoms with van der Waals surface area (Å²) in [4.78, 5) is 30.2. The number of anilines is 1. The summed E-state index contributed by atoms with van der Waals surface area (Å²) in [7, 11) is 0. The van der Waals surface area contributed by atoms with Crippen LogP contribution < -0.4 is 5.32 Å². The Morgan fingerprint density at radius 3 is 2.69 bits per heavy atom. The molecule has 1 aromatic heterocycles. The van der Waals surface area contributed by atoms with Crippen LogP contribution in [-0.2, 0) is 6.42 Å². The van der Waals surface area contributed by atoms with Crippen molar-refractivity contribution in [2.24, 2.45) is 0 Å². The molecule has 0 spiro atoms. The maximum Gasteiger partial charge on any atom is 0.257 e. The Morgan fingerprint density at radius 2 is 1.92 bits per heavy atom. The van der Waals surface area contributed by atoms with E-state index in [4.69, 9.17) is 0 Å². The molecule has 1 N–H and O–H groups in total. The van der Waals surface area contributed by atoms with Gasteiger partial charge in [0.2, 0.25) is 0 Å². The highest BCUT2D eigenvalue weighted by molar-refractivity contribution is 7.17. The first-order valence-electron chi connectivity index (χ1n) is 8.56. The van der Waals surface area contributed by atoms with Gasteiger partial charge in [0, 0.05) is 12.0 Å². The number of nitrogens with zero attached hydrogens (tertiary/aromatic N) is 1. The molecule has 2 aromatic carbocycles. The van der Waals surface area contributed by atoms with Gasteiger partial charge in [-0.25, -0.2) is 4.98 Å². The Bertz CT molecular complexity index is 979. The standard InChI is InChI=1S/C21H18N2O2S/c1-13-6-5-9-15(10-13)20(25)23-21-22-17-11-16(12-18(24)19(17)26-21)14-7-3-2-4-8-14/h2-10,16H,11-12H2,1H3,(H,22,23,25). The lowest BCUT2D eigenvalue weighted by molar-refractivity contribution is 0.0967. The summed E-state index contributed by atoms with van der Waals surface area (Å²) in [6, 6.07) is 17.5. The van der Waals surface area contributed by atoms with Gasteiger partial charge < -0.3 is 0 Å². The van der Waals surface area contributed by atoms with Gasteiger partial charge in [-0.2, -0.15) is 0 Å². The third-order valence-electron chi connectivity index (χ3n) is 4.59. The van der Waals surface area contributed by atoms with Crippen LogP contribution in [0.5, 0.6) is 0 Å². The molecule has 0 aliphatic heterocycles. The van der Waals surface area contributed by atoms with Crippen molar-refractivity contribution in [2.75, 3.05) is 5.32 Å². The quantitative estimate of drug-likeness (QED) is 0.740. The summed E-state index contributed by atoms with van der Waals surface area (Å²) in [6.07, 6.45) is 1.21. The van der Waals surface area contributed by atoms with Gasteiger partial charge in [0.1, 0.15) is 0 Å². The van der Waals surface area contributed by atoms with E-state index >= 15 is 0 Å². The molecule has 1 amide bonds. The van der Waals surface area contributed by atoms with E-state index in [0.29, 0.717) is 22.0 Å². The van der Waals surface area contributed by atoms with E-state index in [1.54, 1.807) is 6.07 Å². The predicted molar refractivity (Wildman–Crippen MR) is 103 cm³/mol. The minimum Gasteiger partial charge on any atom is -0.298 e. The smallest absolute Gasteiger partial charge is 0.257 e. The highest BCUT2D eigenvalue weighted by Crippen LogP contribution is 2.36.